The number of hydrogen-bond donors (Lipinski definition) is 1. The van der Waals surface area contributed by atoms with Crippen LogP contribution in [0.25, 0.3) is 0 Å². The number of methoxy groups -OCH3 is 2. The van der Waals surface area contributed by atoms with E-state index >= 15 is 0 Å². The van der Waals surface area contributed by atoms with Gasteiger partial charge in [-0.05, 0) is 29.3 Å². The molecule has 0 spiro atoms. The molecule has 3 rings (SSSR count). The summed E-state index contributed by atoms with van der Waals surface area (Å²) in [6, 6.07) is 9.25. The van der Waals surface area contributed by atoms with Gasteiger partial charge < -0.3 is 19.5 Å². The molecule has 158 valence electrons. The quantitative estimate of drug-likeness (QED) is 0.742. The van der Waals surface area contributed by atoms with Crippen molar-refractivity contribution >= 4 is 11.6 Å². The fraction of sp³-hybridized carbons (Fsp3) is 0.400. The lowest BCUT2D eigenvalue weighted by Gasteiger charge is -2.36. The van der Waals surface area contributed by atoms with Crippen molar-refractivity contribution in [1.82, 2.24) is 10.2 Å². The highest BCUT2D eigenvalue weighted by molar-refractivity contribution is 6.33. The van der Waals surface area contributed by atoms with Crippen LogP contribution in [0.15, 0.2) is 36.4 Å². The van der Waals surface area contributed by atoms with E-state index in [9.17, 15) is 13.2 Å². The molecule has 0 unspecified atom stereocenters. The summed E-state index contributed by atoms with van der Waals surface area (Å²) in [6.45, 7) is 3.12. The van der Waals surface area contributed by atoms with Gasteiger partial charge in [0.15, 0.2) is 11.5 Å². The van der Waals surface area contributed by atoms with E-state index in [1.807, 2.05) is 6.07 Å². The number of piperazine rings is 1. The summed E-state index contributed by atoms with van der Waals surface area (Å²) in [7, 11) is 3.04. The predicted molar refractivity (Wildman–Crippen MR) is 104 cm³/mol. The van der Waals surface area contributed by atoms with E-state index in [0.717, 1.165) is 37.3 Å². The van der Waals surface area contributed by atoms with Crippen LogP contribution in [0.5, 0.6) is 17.2 Å². The number of nitrogens with zero attached hydrogens (tertiary/aromatic N) is 1. The summed E-state index contributed by atoms with van der Waals surface area (Å²) in [4.78, 5) is 2.23. The van der Waals surface area contributed by atoms with Gasteiger partial charge in [0.25, 0.3) is 0 Å². The molecule has 2 aromatic rings. The van der Waals surface area contributed by atoms with Gasteiger partial charge in [-0.3, -0.25) is 4.90 Å². The summed E-state index contributed by atoms with van der Waals surface area (Å²) < 4.78 is 52.2. The maximum absolute atomic E-state index is 12.5. The van der Waals surface area contributed by atoms with E-state index in [4.69, 9.17) is 21.1 Å². The first-order chi connectivity index (χ1) is 13.8. The average molecular weight is 431 g/mol. The first-order valence-corrected chi connectivity index (χ1v) is 9.42. The topological polar surface area (TPSA) is 43.0 Å². The molecule has 1 heterocycles. The van der Waals surface area contributed by atoms with Crippen LogP contribution < -0.4 is 19.5 Å². The van der Waals surface area contributed by atoms with E-state index in [1.54, 1.807) is 18.2 Å². The minimum atomic E-state index is -4.73. The molecule has 5 nitrogen and oxygen atoms in total. The van der Waals surface area contributed by atoms with Crippen molar-refractivity contribution in [3.63, 3.8) is 0 Å². The number of alkyl halides is 3. The number of ether oxygens (including phenoxy) is 3. The van der Waals surface area contributed by atoms with Gasteiger partial charge in [0.1, 0.15) is 5.75 Å². The van der Waals surface area contributed by atoms with Gasteiger partial charge in [-0.2, -0.15) is 0 Å². The van der Waals surface area contributed by atoms with E-state index in [1.165, 1.54) is 26.4 Å². The van der Waals surface area contributed by atoms with Crippen molar-refractivity contribution in [1.29, 1.82) is 0 Å². The first kappa shape index (κ1) is 21.5. The summed E-state index contributed by atoms with van der Waals surface area (Å²) in [5.41, 5.74) is 1.59. The van der Waals surface area contributed by atoms with Gasteiger partial charge in [-0.1, -0.05) is 29.8 Å². The van der Waals surface area contributed by atoms with Gasteiger partial charge in [0.05, 0.1) is 25.3 Å². The molecule has 0 amide bonds. The Morgan fingerprint density at radius 1 is 1.00 bits per heavy atom. The molecule has 0 aliphatic carbocycles. The Kier molecular flexibility index (Phi) is 6.77. The van der Waals surface area contributed by atoms with Crippen LogP contribution in [0.2, 0.25) is 5.02 Å². The lowest BCUT2D eigenvalue weighted by molar-refractivity contribution is -0.274. The average Bonchev–Trinajstić information content (AvgIpc) is 2.70. The van der Waals surface area contributed by atoms with Crippen molar-refractivity contribution in [2.75, 3.05) is 40.4 Å². The zero-order valence-electron chi connectivity index (χ0n) is 16.1. The molecule has 1 aliphatic rings. The second-order valence-electron chi connectivity index (χ2n) is 6.51. The molecule has 1 aliphatic heterocycles. The summed E-state index contributed by atoms with van der Waals surface area (Å²) in [5, 5.41) is 3.71. The Balaban J connectivity index is 2.02. The number of halogens is 4. The lowest BCUT2D eigenvalue weighted by Crippen LogP contribution is -2.45. The lowest BCUT2D eigenvalue weighted by atomic mass is 9.95. The molecular weight excluding hydrogens is 409 g/mol. The van der Waals surface area contributed by atoms with Crippen molar-refractivity contribution in [2.45, 2.75) is 12.4 Å². The Labute approximate surface area is 172 Å². The van der Waals surface area contributed by atoms with Gasteiger partial charge in [-0.15, -0.1) is 13.2 Å². The van der Waals surface area contributed by atoms with Crippen LogP contribution in [-0.2, 0) is 0 Å². The Hall–Kier alpha value is -2.16. The van der Waals surface area contributed by atoms with E-state index < -0.39 is 6.36 Å². The van der Waals surface area contributed by atoms with Crippen LogP contribution >= 0.6 is 11.6 Å². The zero-order chi connectivity index (χ0) is 21.0. The molecule has 9 heteroatoms. The maximum Gasteiger partial charge on any atom is 0.573 e. The van der Waals surface area contributed by atoms with E-state index in [-0.39, 0.29) is 11.8 Å². The molecule has 2 aromatic carbocycles. The maximum atomic E-state index is 12.5. The van der Waals surface area contributed by atoms with Gasteiger partial charge in [-0.25, -0.2) is 0 Å². The minimum absolute atomic E-state index is 0.260. The largest absolute Gasteiger partial charge is 0.573 e. The fourth-order valence-electron chi connectivity index (χ4n) is 3.49. The van der Waals surface area contributed by atoms with Crippen LogP contribution in [0.4, 0.5) is 13.2 Å². The van der Waals surface area contributed by atoms with Gasteiger partial charge >= 0.3 is 6.36 Å². The van der Waals surface area contributed by atoms with Crippen LogP contribution in [0.1, 0.15) is 17.2 Å². The highest BCUT2D eigenvalue weighted by Crippen LogP contribution is 2.43. The summed E-state index contributed by atoms with van der Waals surface area (Å²) >= 11 is 6.65. The number of hydrogen-bond acceptors (Lipinski definition) is 5. The molecule has 29 heavy (non-hydrogen) atoms. The zero-order valence-corrected chi connectivity index (χ0v) is 16.8. The third-order valence-electron chi connectivity index (χ3n) is 4.76. The molecule has 0 aromatic heterocycles. The Bertz CT molecular complexity index is 825. The van der Waals surface area contributed by atoms with Gasteiger partial charge in [0, 0.05) is 26.2 Å². The van der Waals surface area contributed by atoms with Crippen molar-refractivity contribution < 1.29 is 27.4 Å². The molecule has 1 saturated heterocycles. The molecule has 1 fully saturated rings. The van der Waals surface area contributed by atoms with Crippen LogP contribution in [-0.4, -0.2) is 51.7 Å². The molecule has 1 N–H and O–H groups in total. The monoisotopic (exact) mass is 430 g/mol. The smallest absolute Gasteiger partial charge is 0.493 e. The summed E-state index contributed by atoms with van der Waals surface area (Å²) in [6.07, 6.45) is -4.73. The number of nitrogens with one attached hydrogen (secondary N) is 1. The normalized spacial score (nSPS) is 16.3. The van der Waals surface area contributed by atoms with E-state index in [0.29, 0.717) is 16.5 Å². The highest BCUT2D eigenvalue weighted by Gasteiger charge is 2.32. The molecule has 0 bridgehead atoms. The second kappa shape index (κ2) is 9.11. The minimum Gasteiger partial charge on any atom is -0.493 e. The molecular formula is C20H22ClF3N2O3. The predicted octanol–water partition coefficient (Wildman–Crippen LogP) is 4.25. The van der Waals surface area contributed by atoms with Crippen LogP contribution in [0, 0.1) is 0 Å². The second-order valence-corrected chi connectivity index (χ2v) is 6.89. The van der Waals surface area contributed by atoms with Crippen molar-refractivity contribution in [2.24, 2.45) is 0 Å². The van der Waals surface area contributed by atoms with E-state index in [2.05, 4.69) is 15.0 Å². The summed E-state index contributed by atoms with van der Waals surface area (Å²) in [5.74, 6) is 0.664. The van der Waals surface area contributed by atoms with Crippen molar-refractivity contribution in [3.05, 3.63) is 52.5 Å². The third kappa shape index (κ3) is 5.07. The number of benzene rings is 2. The Morgan fingerprint density at radius 3 is 2.21 bits per heavy atom. The Morgan fingerprint density at radius 2 is 1.66 bits per heavy atom. The molecule has 1 atom stereocenters. The fourth-order valence-corrected chi connectivity index (χ4v) is 3.83. The first-order valence-electron chi connectivity index (χ1n) is 9.05. The molecule has 0 saturated carbocycles. The molecule has 0 radical (unpaired) electrons. The highest BCUT2D eigenvalue weighted by atomic mass is 35.5. The third-order valence-corrected chi connectivity index (χ3v) is 5.15. The standard InChI is InChI=1S/C20H22ClF3N2O3/c1-27-16-8-7-15(17(21)19(16)28-2)18(26-11-9-25-10-12-26)13-3-5-14(6-4-13)29-20(22,23)24/h3-8,18,25H,9-12H2,1-2H3/t18-/m0/s1. The van der Waals surface area contributed by atoms with Crippen molar-refractivity contribution in [3.8, 4) is 17.2 Å². The van der Waals surface area contributed by atoms with Gasteiger partial charge in [0.2, 0.25) is 0 Å². The SMILES string of the molecule is COc1ccc([C@H](c2ccc(OC(F)(F)F)cc2)N2CCNCC2)c(Cl)c1OC. The number of rotatable bonds is 6. The van der Waals surface area contributed by atoms with Crippen LogP contribution in [0.3, 0.4) is 0 Å².